The van der Waals surface area contributed by atoms with Gasteiger partial charge in [0.1, 0.15) is 5.75 Å². The van der Waals surface area contributed by atoms with Gasteiger partial charge in [-0.05, 0) is 50.1 Å². The van der Waals surface area contributed by atoms with Crippen molar-refractivity contribution in [1.82, 2.24) is 9.97 Å². The average molecular weight is 214 g/mol. The Kier molecular flexibility index (Phi) is 2.86. The van der Waals surface area contributed by atoms with Crippen molar-refractivity contribution >= 4 is 0 Å². The van der Waals surface area contributed by atoms with Gasteiger partial charge in [0.15, 0.2) is 0 Å². The minimum atomic E-state index is 0.392. The molecule has 0 atom stereocenters. The molecule has 0 N–H and O–H groups in total. The summed E-state index contributed by atoms with van der Waals surface area (Å²) in [6.45, 7) is 6.04. The van der Waals surface area contributed by atoms with E-state index in [1.54, 1.807) is 6.20 Å². The van der Waals surface area contributed by atoms with Crippen molar-refractivity contribution in [3.63, 3.8) is 0 Å². The molecule has 0 saturated heterocycles. The second-order valence-electron chi connectivity index (χ2n) is 3.83. The predicted molar refractivity (Wildman–Crippen MR) is 62.8 cm³/mol. The number of nitrogens with zero attached hydrogens (tertiary/aromatic N) is 2. The normalized spacial score (nSPS) is 10.2. The molecule has 0 saturated carbocycles. The number of rotatable bonds is 2. The van der Waals surface area contributed by atoms with Gasteiger partial charge in [0.25, 0.3) is 0 Å². The quantitative estimate of drug-likeness (QED) is 0.770. The lowest BCUT2D eigenvalue weighted by Gasteiger charge is -2.06. The van der Waals surface area contributed by atoms with Gasteiger partial charge in [-0.3, -0.25) is 0 Å². The molecule has 0 aliphatic carbocycles. The zero-order valence-corrected chi connectivity index (χ0v) is 9.69. The maximum atomic E-state index is 5.57. The molecule has 0 radical (unpaired) electrons. The third-order valence-electron chi connectivity index (χ3n) is 2.46. The molecule has 3 heteroatoms. The van der Waals surface area contributed by atoms with E-state index in [9.17, 15) is 0 Å². The standard InChI is InChI=1S/C13H14N2O/c1-9-4-5-12(8-10(9)2)16-13-14-7-6-11(3)15-13/h4-8H,1-3H3. The van der Waals surface area contributed by atoms with Crippen molar-refractivity contribution in [3.8, 4) is 11.8 Å². The Labute approximate surface area is 95.1 Å². The van der Waals surface area contributed by atoms with E-state index < -0.39 is 0 Å². The highest BCUT2D eigenvalue weighted by molar-refractivity contribution is 5.35. The molecular formula is C13H14N2O. The van der Waals surface area contributed by atoms with Crippen LogP contribution in [0.15, 0.2) is 30.5 Å². The molecule has 1 aromatic carbocycles. The molecule has 1 heterocycles. The van der Waals surface area contributed by atoms with Crippen molar-refractivity contribution in [2.45, 2.75) is 20.8 Å². The third-order valence-corrected chi connectivity index (χ3v) is 2.46. The van der Waals surface area contributed by atoms with Crippen LogP contribution in [0.5, 0.6) is 11.8 Å². The number of aromatic nitrogens is 2. The number of hydrogen-bond acceptors (Lipinski definition) is 3. The Bertz CT molecular complexity index is 509. The molecule has 0 spiro atoms. The Hall–Kier alpha value is -1.90. The number of ether oxygens (including phenoxy) is 1. The summed E-state index contributed by atoms with van der Waals surface area (Å²) in [6, 6.07) is 8.17. The summed E-state index contributed by atoms with van der Waals surface area (Å²) in [4.78, 5) is 8.24. The molecule has 1 aromatic heterocycles. The first-order valence-electron chi connectivity index (χ1n) is 5.20. The zero-order chi connectivity index (χ0) is 11.5. The molecule has 0 amide bonds. The van der Waals surface area contributed by atoms with Gasteiger partial charge in [0.2, 0.25) is 0 Å². The molecule has 3 nitrogen and oxygen atoms in total. The largest absolute Gasteiger partial charge is 0.424 e. The van der Waals surface area contributed by atoms with E-state index in [0.717, 1.165) is 11.4 Å². The van der Waals surface area contributed by atoms with Gasteiger partial charge in [-0.15, -0.1) is 0 Å². The van der Waals surface area contributed by atoms with Crippen LogP contribution >= 0.6 is 0 Å². The Morgan fingerprint density at radius 3 is 2.50 bits per heavy atom. The van der Waals surface area contributed by atoms with Gasteiger partial charge in [0.05, 0.1) is 0 Å². The summed E-state index contributed by atoms with van der Waals surface area (Å²) in [7, 11) is 0. The first kappa shape index (κ1) is 10.6. The van der Waals surface area contributed by atoms with Gasteiger partial charge in [-0.25, -0.2) is 9.97 Å². The zero-order valence-electron chi connectivity index (χ0n) is 9.69. The molecule has 0 fully saturated rings. The van der Waals surface area contributed by atoms with Gasteiger partial charge < -0.3 is 4.74 Å². The monoisotopic (exact) mass is 214 g/mol. The van der Waals surface area contributed by atoms with E-state index in [1.807, 2.05) is 31.2 Å². The van der Waals surface area contributed by atoms with E-state index in [0.29, 0.717) is 6.01 Å². The van der Waals surface area contributed by atoms with E-state index in [1.165, 1.54) is 11.1 Å². The summed E-state index contributed by atoms with van der Waals surface area (Å²) in [5, 5.41) is 0. The smallest absolute Gasteiger partial charge is 0.322 e. The highest BCUT2D eigenvalue weighted by Gasteiger charge is 2.01. The van der Waals surface area contributed by atoms with E-state index >= 15 is 0 Å². The average Bonchev–Trinajstić information content (AvgIpc) is 2.24. The lowest BCUT2D eigenvalue weighted by Crippen LogP contribution is -1.93. The van der Waals surface area contributed by atoms with Gasteiger partial charge in [-0.2, -0.15) is 0 Å². The summed E-state index contributed by atoms with van der Waals surface area (Å²) in [6.07, 6.45) is 1.69. The number of aryl methyl sites for hydroxylation is 3. The van der Waals surface area contributed by atoms with E-state index in [2.05, 4.69) is 23.8 Å². The minimum absolute atomic E-state index is 0.392. The molecule has 0 aliphatic heterocycles. The van der Waals surface area contributed by atoms with Crippen LogP contribution in [0.25, 0.3) is 0 Å². The van der Waals surface area contributed by atoms with Gasteiger partial charge in [0, 0.05) is 11.9 Å². The fourth-order valence-corrected chi connectivity index (χ4v) is 1.36. The van der Waals surface area contributed by atoms with Crippen molar-refractivity contribution < 1.29 is 4.74 Å². The number of benzene rings is 1. The highest BCUT2D eigenvalue weighted by atomic mass is 16.5. The first-order chi connectivity index (χ1) is 7.65. The van der Waals surface area contributed by atoms with E-state index in [4.69, 9.17) is 4.74 Å². The fraction of sp³-hybridized carbons (Fsp3) is 0.231. The molecule has 2 aromatic rings. The summed E-state index contributed by atoms with van der Waals surface area (Å²) < 4.78 is 5.57. The van der Waals surface area contributed by atoms with Crippen LogP contribution in [0, 0.1) is 20.8 Å². The minimum Gasteiger partial charge on any atom is -0.424 e. The Balaban J connectivity index is 2.24. The van der Waals surface area contributed by atoms with Crippen molar-refractivity contribution in [2.24, 2.45) is 0 Å². The summed E-state index contributed by atoms with van der Waals surface area (Å²) in [5.74, 6) is 0.772. The maximum absolute atomic E-state index is 5.57. The van der Waals surface area contributed by atoms with Crippen LogP contribution in [0.1, 0.15) is 16.8 Å². The third kappa shape index (κ3) is 2.37. The molecular weight excluding hydrogens is 200 g/mol. The number of hydrogen-bond donors (Lipinski definition) is 0. The van der Waals surface area contributed by atoms with Gasteiger partial charge >= 0.3 is 6.01 Å². The van der Waals surface area contributed by atoms with Crippen LogP contribution in [-0.4, -0.2) is 9.97 Å². The topological polar surface area (TPSA) is 35.0 Å². The lowest BCUT2D eigenvalue weighted by atomic mass is 10.1. The van der Waals surface area contributed by atoms with Crippen LogP contribution in [-0.2, 0) is 0 Å². The van der Waals surface area contributed by atoms with Crippen molar-refractivity contribution in [3.05, 3.63) is 47.3 Å². The van der Waals surface area contributed by atoms with Crippen LogP contribution in [0.2, 0.25) is 0 Å². The van der Waals surface area contributed by atoms with Crippen LogP contribution < -0.4 is 4.74 Å². The second-order valence-corrected chi connectivity index (χ2v) is 3.83. The second kappa shape index (κ2) is 4.31. The molecule has 2 rings (SSSR count). The Morgan fingerprint density at radius 2 is 1.81 bits per heavy atom. The van der Waals surface area contributed by atoms with E-state index in [-0.39, 0.29) is 0 Å². The molecule has 0 bridgehead atoms. The van der Waals surface area contributed by atoms with Crippen LogP contribution in [0.3, 0.4) is 0 Å². The van der Waals surface area contributed by atoms with Gasteiger partial charge in [-0.1, -0.05) is 6.07 Å². The predicted octanol–water partition coefficient (Wildman–Crippen LogP) is 3.19. The summed E-state index contributed by atoms with van der Waals surface area (Å²) in [5.41, 5.74) is 3.34. The Morgan fingerprint density at radius 1 is 1.00 bits per heavy atom. The summed E-state index contributed by atoms with van der Waals surface area (Å²) >= 11 is 0. The SMILES string of the molecule is Cc1ccnc(Oc2ccc(C)c(C)c2)n1. The first-order valence-corrected chi connectivity index (χ1v) is 5.20. The van der Waals surface area contributed by atoms with Crippen molar-refractivity contribution in [1.29, 1.82) is 0 Å². The van der Waals surface area contributed by atoms with Crippen molar-refractivity contribution in [2.75, 3.05) is 0 Å². The molecule has 82 valence electrons. The lowest BCUT2D eigenvalue weighted by molar-refractivity contribution is 0.440. The molecule has 0 unspecified atom stereocenters. The fourth-order valence-electron chi connectivity index (χ4n) is 1.36. The molecule has 0 aliphatic rings. The molecule has 16 heavy (non-hydrogen) atoms. The highest BCUT2D eigenvalue weighted by Crippen LogP contribution is 2.20. The van der Waals surface area contributed by atoms with Crippen LogP contribution in [0.4, 0.5) is 0 Å². The maximum Gasteiger partial charge on any atom is 0.322 e.